The summed E-state index contributed by atoms with van der Waals surface area (Å²) in [6.07, 6.45) is 0.379. The fourth-order valence-corrected chi connectivity index (χ4v) is 1.73. The molecule has 0 bridgehead atoms. The van der Waals surface area contributed by atoms with Crippen LogP contribution in [-0.4, -0.2) is 52.8 Å². The van der Waals surface area contributed by atoms with Crippen LogP contribution in [0.25, 0.3) is 0 Å². The minimum atomic E-state index is -0.435. The number of methoxy groups -OCH3 is 1. The van der Waals surface area contributed by atoms with Crippen molar-refractivity contribution in [3.63, 3.8) is 0 Å². The fourth-order valence-electron chi connectivity index (χ4n) is 1.64. The Morgan fingerprint density at radius 3 is 2.70 bits per heavy atom. The Balaban J connectivity index is 2.90. The zero-order valence-corrected chi connectivity index (χ0v) is 12.0. The summed E-state index contributed by atoms with van der Waals surface area (Å²) in [6.45, 7) is 1.02. The number of nitrogens with zero attached hydrogens (tertiary/aromatic N) is 1. The molecule has 0 aliphatic carbocycles. The van der Waals surface area contributed by atoms with Crippen LogP contribution in [0.3, 0.4) is 0 Å². The summed E-state index contributed by atoms with van der Waals surface area (Å²) in [5.74, 6) is -1.18. The fraction of sp³-hybridized carbons (Fsp3) is 0.385. The number of nitrogens with two attached hydrogens (primary N) is 1. The number of carbonyl (C=O) groups excluding carboxylic acids is 1. The molecule has 7 heteroatoms. The SMILES string of the molecule is COCCN(CCC(N)=S)C(=O)c1cccc(O)c1O. The van der Waals surface area contributed by atoms with Crippen molar-refractivity contribution < 1.29 is 19.7 Å². The van der Waals surface area contributed by atoms with E-state index in [9.17, 15) is 15.0 Å². The van der Waals surface area contributed by atoms with Gasteiger partial charge in [-0.25, -0.2) is 0 Å². The zero-order chi connectivity index (χ0) is 15.1. The molecule has 0 fully saturated rings. The highest BCUT2D eigenvalue weighted by atomic mass is 32.1. The van der Waals surface area contributed by atoms with E-state index in [2.05, 4.69) is 0 Å². The topological polar surface area (TPSA) is 96.0 Å². The molecule has 0 saturated carbocycles. The zero-order valence-electron chi connectivity index (χ0n) is 11.2. The van der Waals surface area contributed by atoms with Crippen LogP contribution in [-0.2, 0) is 4.74 Å². The summed E-state index contributed by atoms with van der Waals surface area (Å²) in [6, 6.07) is 4.24. The Morgan fingerprint density at radius 1 is 1.40 bits per heavy atom. The van der Waals surface area contributed by atoms with Gasteiger partial charge in [-0.3, -0.25) is 4.79 Å². The molecule has 1 amide bonds. The number of hydrogen-bond donors (Lipinski definition) is 3. The van der Waals surface area contributed by atoms with Crippen molar-refractivity contribution in [3.05, 3.63) is 23.8 Å². The predicted molar refractivity (Wildman–Crippen MR) is 79.0 cm³/mol. The maximum Gasteiger partial charge on any atom is 0.257 e. The van der Waals surface area contributed by atoms with Crippen LogP contribution >= 0.6 is 12.2 Å². The summed E-state index contributed by atoms with van der Waals surface area (Å²) >= 11 is 4.80. The molecule has 4 N–H and O–H groups in total. The van der Waals surface area contributed by atoms with Gasteiger partial charge < -0.3 is 25.6 Å². The van der Waals surface area contributed by atoms with Crippen molar-refractivity contribution in [2.75, 3.05) is 26.8 Å². The normalized spacial score (nSPS) is 10.2. The lowest BCUT2D eigenvalue weighted by Gasteiger charge is -2.22. The number of phenolic OH excluding ortho intramolecular Hbond substituents is 2. The average molecular weight is 298 g/mol. The molecule has 0 spiro atoms. The third kappa shape index (κ3) is 4.36. The second kappa shape index (κ2) is 7.66. The van der Waals surface area contributed by atoms with Crippen LogP contribution in [0.1, 0.15) is 16.8 Å². The lowest BCUT2D eigenvalue weighted by molar-refractivity contribution is 0.0697. The first-order chi connectivity index (χ1) is 9.47. The van der Waals surface area contributed by atoms with Crippen LogP contribution < -0.4 is 5.73 Å². The van der Waals surface area contributed by atoms with Crippen molar-refractivity contribution in [2.24, 2.45) is 5.73 Å². The van der Waals surface area contributed by atoms with Crippen LogP contribution in [0.15, 0.2) is 18.2 Å². The van der Waals surface area contributed by atoms with Gasteiger partial charge in [0.25, 0.3) is 5.91 Å². The second-order valence-corrected chi connectivity index (χ2v) is 4.70. The molecular formula is C13H18N2O4S. The number of phenols is 2. The predicted octanol–water partition coefficient (Wildman–Crippen LogP) is 0.863. The number of carbonyl (C=O) groups is 1. The monoisotopic (exact) mass is 298 g/mol. The van der Waals surface area contributed by atoms with E-state index < -0.39 is 11.7 Å². The number of para-hydroxylation sites is 1. The van der Waals surface area contributed by atoms with Gasteiger partial charge in [0.1, 0.15) is 0 Å². The summed E-state index contributed by atoms with van der Waals surface area (Å²) in [5, 5.41) is 19.2. The van der Waals surface area contributed by atoms with Gasteiger partial charge in [0.05, 0.1) is 17.2 Å². The summed E-state index contributed by atoms with van der Waals surface area (Å²) in [7, 11) is 1.53. The number of ether oxygens (including phenoxy) is 1. The molecule has 0 unspecified atom stereocenters. The van der Waals surface area contributed by atoms with E-state index in [1.807, 2.05) is 0 Å². The highest BCUT2D eigenvalue weighted by molar-refractivity contribution is 7.80. The Bertz CT molecular complexity index is 493. The van der Waals surface area contributed by atoms with Crippen molar-refractivity contribution >= 4 is 23.1 Å². The molecule has 1 aromatic rings. The van der Waals surface area contributed by atoms with Crippen LogP contribution in [0.5, 0.6) is 11.5 Å². The molecule has 1 aromatic carbocycles. The van der Waals surface area contributed by atoms with Gasteiger partial charge >= 0.3 is 0 Å². The number of hydrogen-bond acceptors (Lipinski definition) is 5. The van der Waals surface area contributed by atoms with Crippen LogP contribution in [0.2, 0.25) is 0 Å². The number of aromatic hydroxyl groups is 2. The first-order valence-corrected chi connectivity index (χ1v) is 6.45. The molecule has 0 heterocycles. The van der Waals surface area contributed by atoms with Gasteiger partial charge in [-0.05, 0) is 12.1 Å². The van der Waals surface area contributed by atoms with Gasteiger partial charge in [0.15, 0.2) is 11.5 Å². The van der Waals surface area contributed by atoms with E-state index >= 15 is 0 Å². The lowest BCUT2D eigenvalue weighted by Crippen LogP contribution is -2.36. The molecule has 1 rings (SSSR count). The van der Waals surface area contributed by atoms with E-state index in [-0.39, 0.29) is 11.3 Å². The maximum absolute atomic E-state index is 12.4. The molecule has 0 atom stereocenters. The molecule has 20 heavy (non-hydrogen) atoms. The molecular weight excluding hydrogens is 280 g/mol. The van der Waals surface area contributed by atoms with Gasteiger partial charge in [0, 0.05) is 26.6 Å². The molecule has 110 valence electrons. The van der Waals surface area contributed by atoms with Gasteiger partial charge in [-0.2, -0.15) is 0 Å². The number of rotatable bonds is 7. The standard InChI is InChI=1S/C13H18N2O4S/c1-19-8-7-15(6-5-11(14)20)13(18)9-3-2-4-10(16)12(9)17/h2-4,16-17H,5-8H2,1H3,(H2,14,20). The smallest absolute Gasteiger partial charge is 0.257 e. The van der Waals surface area contributed by atoms with E-state index in [1.165, 1.54) is 30.2 Å². The number of benzene rings is 1. The molecule has 6 nitrogen and oxygen atoms in total. The first-order valence-electron chi connectivity index (χ1n) is 6.04. The van der Waals surface area contributed by atoms with Crippen molar-refractivity contribution in [1.29, 1.82) is 0 Å². The quantitative estimate of drug-likeness (QED) is 0.510. The Labute approximate surface area is 122 Å². The van der Waals surface area contributed by atoms with Crippen molar-refractivity contribution in [3.8, 4) is 11.5 Å². The van der Waals surface area contributed by atoms with Crippen molar-refractivity contribution in [2.45, 2.75) is 6.42 Å². The number of thiocarbonyl (C=S) groups is 1. The van der Waals surface area contributed by atoms with E-state index in [1.54, 1.807) is 0 Å². The summed E-state index contributed by atoms with van der Waals surface area (Å²) in [4.78, 5) is 14.1. The van der Waals surface area contributed by atoms with E-state index in [0.717, 1.165) is 0 Å². The molecule has 0 saturated heterocycles. The van der Waals surface area contributed by atoms with E-state index in [0.29, 0.717) is 31.1 Å². The van der Waals surface area contributed by atoms with Gasteiger partial charge in [-0.1, -0.05) is 18.3 Å². The van der Waals surface area contributed by atoms with Gasteiger partial charge in [-0.15, -0.1) is 0 Å². The third-order valence-electron chi connectivity index (χ3n) is 2.73. The molecule has 0 aliphatic heterocycles. The van der Waals surface area contributed by atoms with E-state index in [4.69, 9.17) is 22.7 Å². The molecule has 0 radical (unpaired) electrons. The van der Waals surface area contributed by atoms with Crippen LogP contribution in [0, 0.1) is 0 Å². The summed E-state index contributed by atoms with van der Waals surface area (Å²) in [5.41, 5.74) is 5.47. The Morgan fingerprint density at radius 2 is 2.10 bits per heavy atom. The molecule has 0 aromatic heterocycles. The minimum Gasteiger partial charge on any atom is -0.504 e. The summed E-state index contributed by atoms with van der Waals surface area (Å²) < 4.78 is 4.95. The Kier molecular flexibility index (Phi) is 6.20. The largest absolute Gasteiger partial charge is 0.504 e. The first kappa shape index (κ1) is 16.2. The minimum absolute atomic E-state index is 0.0315. The Hall–Kier alpha value is -1.86. The van der Waals surface area contributed by atoms with Crippen LogP contribution in [0.4, 0.5) is 0 Å². The lowest BCUT2D eigenvalue weighted by atomic mass is 10.1. The van der Waals surface area contributed by atoms with Gasteiger partial charge in [0.2, 0.25) is 0 Å². The van der Waals surface area contributed by atoms with Crippen molar-refractivity contribution in [1.82, 2.24) is 4.90 Å². The second-order valence-electron chi connectivity index (χ2n) is 4.17. The maximum atomic E-state index is 12.4. The third-order valence-corrected chi connectivity index (χ3v) is 2.93. The highest BCUT2D eigenvalue weighted by Crippen LogP contribution is 2.29. The molecule has 0 aliphatic rings. The average Bonchev–Trinajstić information content (AvgIpc) is 2.41. The highest BCUT2D eigenvalue weighted by Gasteiger charge is 2.20. The number of amides is 1.